The molecule has 3 rings (SSSR count). The first-order valence-corrected chi connectivity index (χ1v) is 7.76. The summed E-state index contributed by atoms with van der Waals surface area (Å²) in [5, 5.41) is 9.68. The van der Waals surface area contributed by atoms with Crippen LogP contribution in [0.15, 0.2) is 36.4 Å². The van der Waals surface area contributed by atoms with E-state index in [1.165, 1.54) is 0 Å². The largest absolute Gasteiger partial charge is 0.496 e. The van der Waals surface area contributed by atoms with Crippen molar-refractivity contribution < 1.29 is 14.3 Å². The van der Waals surface area contributed by atoms with Gasteiger partial charge in [0.05, 0.1) is 31.0 Å². The van der Waals surface area contributed by atoms with E-state index in [1.54, 1.807) is 55.3 Å². The highest BCUT2D eigenvalue weighted by Gasteiger charge is 2.32. The fourth-order valence-corrected chi connectivity index (χ4v) is 2.88. The Balaban J connectivity index is 2.06. The van der Waals surface area contributed by atoms with Gasteiger partial charge in [0.25, 0.3) is 5.91 Å². The lowest BCUT2D eigenvalue weighted by Crippen LogP contribution is -2.44. The van der Waals surface area contributed by atoms with E-state index in [-0.39, 0.29) is 12.5 Å². The van der Waals surface area contributed by atoms with Crippen molar-refractivity contribution in [1.29, 1.82) is 5.26 Å². The molecule has 1 unspecified atom stereocenters. The third-order valence-electron chi connectivity index (χ3n) is 3.87. The van der Waals surface area contributed by atoms with Gasteiger partial charge in [-0.25, -0.2) is 0 Å². The Labute approximate surface area is 145 Å². The van der Waals surface area contributed by atoms with Crippen molar-refractivity contribution in [3.05, 3.63) is 52.5 Å². The number of hydrogen-bond donors (Lipinski definition) is 0. The van der Waals surface area contributed by atoms with Crippen LogP contribution in [0.25, 0.3) is 0 Å². The number of anilines is 1. The number of nitriles is 1. The summed E-state index contributed by atoms with van der Waals surface area (Å²) in [7, 11) is 1.57. The van der Waals surface area contributed by atoms with Gasteiger partial charge < -0.3 is 14.4 Å². The van der Waals surface area contributed by atoms with Crippen LogP contribution in [0.1, 0.15) is 18.1 Å². The summed E-state index contributed by atoms with van der Waals surface area (Å²) >= 11 is 6.08. The first-order chi connectivity index (χ1) is 11.5. The van der Waals surface area contributed by atoms with Crippen molar-refractivity contribution >= 4 is 23.2 Å². The Bertz CT molecular complexity index is 845. The lowest BCUT2D eigenvalue weighted by atomic mass is 10.1. The number of halogens is 1. The van der Waals surface area contributed by atoms with Crippen molar-refractivity contribution in [3.8, 4) is 17.6 Å². The van der Waals surface area contributed by atoms with Crippen molar-refractivity contribution in [3.63, 3.8) is 0 Å². The van der Waals surface area contributed by atoms with Crippen molar-refractivity contribution in [2.75, 3.05) is 12.0 Å². The van der Waals surface area contributed by atoms with Crippen LogP contribution in [-0.4, -0.2) is 19.1 Å². The first kappa shape index (κ1) is 16.2. The molecule has 0 saturated carbocycles. The minimum absolute atomic E-state index is 0.181. The van der Waals surface area contributed by atoms with Crippen LogP contribution in [0.4, 0.5) is 5.69 Å². The molecule has 0 spiro atoms. The van der Waals surface area contributed by atoms with Crippen LogP contribution in [0.5, 0.6) is 11.5 Å². The molecule has 1 atom stereocenters. The third-order valence-corrected chi connectivity index (χ3v) is 4.10. The smallest absolute Gasteiger partial charge is 0.268 e. The quantitative estimate of drug-likeness (QED) is 0.856. The molecule has 122 valence electrons. The summed E-state index contributed by atoms with van der Waals surface area (Å²) in [5.74, 6) is 1.03. The van der Waals surface area contributed by atoms with Crippen LogP contribution < -0.4 is 14.4 Å². The fraction of sp³-hybridized carbons (Fsp3) is 0.222. The number of methoxy groups -OCH3 is 1. The van der Waals surface area contributed by atoms with Crippen LogP contribution in [-0.2, 0) is 11.3 Å². The van der Waals surface area contributed by atoms with Crippen LogP contribution >= 0.6 is 11.6 Å². The second kappa shape index (κ2) is 6.42. The molecular formula is C18H15ClN2O3. The molecule has 0 fully saturated rings. The lowest BCUT2D eigenvalue weighted by Gasteiger charge is -2.33. The SMILES string of the molecule is COc1ccc(Cl)cc1CN1C(=O)C(C)Oc2ccc(C#N)cc21. The third kappa shape index (κ3) is 2.89. The molecule has 24 heavy (non-hydrogen) atoms. The molecule has 0 radical (unpaired) electrons. The molecule has 0 bridgehead atoms. The molecule has 1 heterocycles. The van der Waals surface area contributed by atoms with E-state index in [0.29, 0.717) is 27.8 Å². The van der Waals surface area contributed by atoms with Gasteiger partial charge >= 0.3 is 0 Å². The number of ether oxygens (including phenoxy) is 2. The second-order valence-electron chi connectivity index (χ2n) is 5.43. The summed E-state index contributed by atoms with van der Waals surface area (Å²) in [4.78, 5) is 14.2. The molecule has 2 aromatic rings. The number of hydrogen-bond acceptors (Lipinski definition) is 4. The Morgan fingerprint density at radius 3 is 2.83 bits per heavy atom. The molecule has 1 amide bonds. The number of benzene rings is 2. The van der Waals surface area contributed by atoms with Crippen molar-refractivity contribution in [2.24, 2.45) is 0 Å². The normalized spacial score (nSPS) is 16.2. The number of nitrogens with zero attached hydrogens (tertiary/aromatic N) is 2. The van der Waals surface area contributed by atoms with E-state index in [9.17, 15) is 4.79 Å². The Hall–Kier alpha value is -2.71. The number of carbonyl (C=O) groups excluding carboxylic acids is 1. The summed E-state index contributed by atoms with van der Waals surface area (Å²) in [6.07, 6.45) is -0.601. The minimum Gasteiger partial charge on any atom is -0.496 e. The average Bonchev–Trinajstić information content (AvgIpc) is 2.59. The van der Waals surface area contributed by atoms with Gasteiger partial charge in [0.1, 0.15) is 11.5 Å². The summed E-state index contributed by atoms with van der Waals surface area (Å²) in [5.41, 5.74) is 1.81. The molecule has 5 nitrogen and oxygen atoms in total. The van der Waals surface area contributed by atoms with E-state index in [1.807, 2.05) is 0 Å². The Morgan fingerprint density at radius 2 is 2.12 bits per heavy atom. The highest BCUT2D eigenvalue weighted by Crippen LogP contribution is 2.37. The predicted molar refractivity (Wildman–Crippen MR) is 90.4 cm³/mol. The Morgan fingerprint density at radius 1 is 1.33 bits per heavy atom. The zero-order chi connectivity index (χ0) is 17.3. The van der Waals surface area contributed by atoms with E-state index < -0.39 is 6.10 Å². The van der Waals surface area contributed by atoms with Gasteiger partial charge in [0.2, 0.25) is 0 Å². The molecule has 0 N–H and O–H groups in total. The van der Waals surface area contributed by atoms with Gasteiger partial charge in [-0.1, -0.05) is 11.6 Å². The first-order valence-electron chi connectivity index (χ1n) is 7.38. The van der Waals surface area contributed by atoms with Gasteiger partial charge in [-0.3, -0.25) is 4.79 Å². The van der Waals surface area contributed by atoms with E-state index >= 15 is 0 Å². The Kier molecular flexibility index (Phi) is 4.32. The molecule has 1 aliphatic heterocycles. The molecule has 1 aliphatic rings. The van der Waals surface area contributed by atoms with Crippen LogP contribution in [0, 0.1) is 11.3 Å². The summed E-state index contributed by atoms with van der Waals surface area (Å²) in [6.45, 7) is 1.98. The zero-order valence-electron chi connectivity index (χ0n) is 13.2. The number of carbonyl (C=O) groups is 1. The molecule has 2 aromatic carbocycles. The molecule has 6 heteroatoms. The van der Waals surface area contributed by atoms with E-state index in [0.717, 1.165) is 5.56 Å². The summed E-state index contributed by atoms with van der Waals surface area (Å²) < 4.78 is 11.0. The van der Waals surface area contributed by atoms with E-state index in [2.05, 4.69) is 6.07 Å². The molecule has 0 aliphatic carbocycles. The van der Waals surface area contributed by atoms with Crippen LogP contribution in [0.2, 0.25) is 5.02 Å². The standard InChI is InChI=1S/C18H15ClN2O3/c1-11-18(22)21(10-13-8-14(19)4-6-16(13)23-2)15-7-12(9-20)3-5-17(15)24-11/h3-8,11H,10H2,1-2H3. The average molecular weight is 343 g/mol. The fourth-order valence-electron chi connectivity index (χ4n) is 2.68. The van der Waals surface area contributed by atoms with Crippen molar-refractivity contribution in [2.45, 2.75) is 19.6 Å². The molecule has 0 aromatic heterocycles. The maximum atomic E-state index is 12.6. The molecule has 0 saturated heterocycles. The zero-order valence-corrected chi connectivity index (χ0v) is 14.0. The number of amides is 1. The second-order valence-corrected chi connectivity index (χ2v) is 5.87. The minimum atomic E-state index is -0.601. The maximum Gasteiger partial charge on any atom is 0.268 e. The van der Waals surface area contributed by atoms with Crippen molar-refractivity contribution in [1.82, 2.24) is 0 Å². The van der Waals surface area contributed by atoms with E-state index in [4.69, 9.17) is 26.3 Å². The lowest BCUT2D eigenvalue weighted by molar-refractivity contribution is -0.125. The van der Waals surface area contributed by atoms with Gasteiger partial charge in [0, 0.05) is 10.6 Å². The monoisotopic (exact) mass is 342 g/mol. The summed E-state index contributed by atoms with van der Waals surface area (Å²) in [6, 6.07) is 12.4. The highest BCUT2D eigenvalue weighted by atomic mass is 35.5. The topological polar surface area (TPSA) is 62.6 Å². The number of fused-ring (bicyclic) bond motifs is 1. The maximum absolute atomic E-state index is 12.6. The van der Waals surface area contributed by atoms with Crippen LogP contribution in [0.3, 0.4) is 0 Å². The van der Waals surface area contributed by atoms with Gasteiger partial charge in [0.15, 0.2) is 6.10 Å². The van der Waals surface area contributed by atoms with Gasteiger partial charge in [-0.2, -0.15) is 5.26 Å². The van der Waals surface area contributed by atoms with Gasteiger partial charge in [-0.15, -0.1) is 0 Å². The highest BCUT2D eigenvalue weighted by molar-refractivity contribution is 6.30. The van der Waals surface area contributed by atoms with Gasteiger partial charge in [-0.05, 0) is 43.3 Å². The molecular weight excluding hydrogens is 328 g/mol. The number of rotatable bonds is 3. The predicted octanol–water partition coefficient (Wildman–Crippen LogP) is 3.53.